The molecular formula is C17H15NO5. The number of esters is 1. The number of ether oxygens (including phenoxy) is 1. The number of para-hydroxylation sites is 1. The van der Waals surface area contributed by atoms with E-state index in [2.05, 4.69) is 0 Å². The van der Waals surface area contributed by atoms with Crippen molar-refractivity contribution in [1.82, 2.24) is 4.57 Å². The van der Waals surface area contributed by atoms with E-state index in [4.69, 9.17) is 9.15 Å². The van der Waals surface area contributed by atoms with Crippen molar-refractivity contribution in [3.8, 4) is 0 Å². The van der Waals surface area contributed by atoms with Crippen molar-refractivity contribution in [3.05, 3.63) is 56.7 Å². The molecule has 2 aromatic heterocycles. The van der Waals surface area contributed by atoms with Gasteiger partial charge in [0.1, 0.15) is 5.56 Å². The Morgan fingerprint density at radius 3 is 2.61 bits per heavy atom. The minimum absolute atomic E-state index is 0.132. The molecule has 0 N–H and O–H groups in total. The van der Waals surface area contributed by atoms with Crippen molar-refractivity contribution in [1.29, 1.82) is 0 Å². The van der Waals surface area contributed by atoms with Crippen LogP contribution in [0.4, 0.5) is 0 Å². The third-order valence-corrected chi connectivity index (χ3v) is 3.67. The van der Waals surface area contributed by atoms with Gasteiger partial charge in [-0.25, -0.2) is 9.59 Å². The zero-order chi connectivity index (χ0) is 16.6. The van der Waals surface area contributed by atoms with E-state index in [0.717, 1.165) is 0 Å². The Hall–Kier alpha value is -2.89. The van der Waals surface area contributed by atoms with Gasteiger partial charge in [-0.1, -0.05) is 12.1 Å². The molecule has 0 saturated carbocycles. The van der Waals surface area contributed by atoms with Crippen LogP contribution in [0.1, 0.15) is 24.2 Å². The second-order valence-electron chi connectivity index (χ2n) is 4.98. The summed E-state index contributed by atoms with van der Waals surface area (Å²) in [6, 6.07) is 8.44. The van der Waals surface area contributed by atoms with Gasteiger partial charge in [-0.2, -0.15) is 0 Å². The summed E-state index contributed by atoms with van der Waals surface area (Å²) in [5.41, 5.74) is -0.521. The van der Waals surface area contributed by atoms with Crippen LogP contribution in [0.3, 0.4) is 0 Å². The first-order valence-electron chi connectivity index (χ1n) is 7.35. The average molecular weight is 313 g/mol. The fraction of sp³-hybridized carbons (Fsp3) is 0.235. The Balaban J connectivity index is 2.47. The van der Waals surface area contributed by atoms with Gasteiger partial charge in [-0.15, -0.1) is 0 Å². The molecule has 0 aliphatic carbocycles. The lowest BCUT2D eigenvalue weighted by molar-refractivity contribution is 0.0522. The maximum atomic E-state index is 12.7. The van der Waals surface area contributed by atoms with Crippen molar-refractivity contribution in [2.24, 2.45) is 0 Å². The van der Waals surface area contributed by atoms with E-state index in [1.807, 2.05) is 13.0 Å². The zero-order valence-electron chi connectivity index (χ0n) is 12.8. The maximum Gasteiger partial charge on any atom is 0.351 e. The molecule has 0 radical (unpaired) electrons. The number of carbonyl (C=O) groups excluding carboxylic acids is 1. The van der Waals surface area contributed by atoms with Crippen LogP contribution in [-0.4, -0.2) is 17.1 Å². The highest BCUT2D eigenvalue weighted by atomic mass is 16.5. The molecule has 0 unspecified atom stereocenters. The molecule has 0 bridgehead atoms. The molecule has 0 amide bonds. The second-order valence-corrected chi connectivity index (χ2v) is 4.98. The lowest BCUT2D eigenvalue weighted by atomic mass is 10.1. The topological polar surface area (TPSA) is 78.5 Å². The Kier molecular flexibility index (Phi) is 3.73. The van der Waals surface area contributed by atoms with Crippen LogP contribution in [0.5, 0.6) is 0 Å². The molecule has 3 aromatic rings. The summed E-state index contributed by atoms with van der Waals surface area (Å²) in [5.74, 6) is -0.793. The van der Waals surface area contributed by atoms with Gasteiger partial charge in [0, 0.05) is 11.9 Å². The highest BCUT2D eigenvalue weighted by molar-refractivity contribution is 6.03. The minimum atomic E-state index is -0.810. The van der Waals surface area contributed by atoms with Crippen LogP contribution in [0, 0.1) is 0 Å². The van der Waals surface area contributed by atoms with Gasteiger partial charge in [-0.05, 0) is 32.0 Å². The van der Waals surface area contributed by atoms with Crippen molar-refractivity contribution in [2.75, 3.05) is 6.61 Å². The zero-order valence-corrected chi connectivity index (χ0v) is 12.8. The van der Waals surface area contributed by atoms with Crippen LogP contribution in [0.2, 0.25) is 0 Å². The number of nitrogens with zero attached hydrogens (tertiary/aromatic N) is 1. The van der Waals surface area contributed by atoms with Crippen molar-refractivity contribution >= 4 is 27.8 Å². The molecule has 6 heteroatoms. The molecule has 6 nitrogen and oxygen atoms in total. The number of benzene rings is 1. The standard InChI is InChI=1S/C17H15NO5/c1-3-18-13-8-6-5-7-10(13)14-11(15(18)19)9-12(17(21)23-14)16(20)22-4-2/h5-9H,3-4H2,1-2H3. The predicted molar refractivity (Wildman–Crippen MR) is 85.9 cm³/mol. The summed E-state index contributed by atoms with van der Waals surface area (Å²) in [4.78, 5) is 36.6. The van der Waals surface area contributed by atoms with Crippen molar-refractivity contribution < 1.29 is 13.9 Å². The van der Waals surface area contributed by atoms with E-state index < -0.39 is 11.6 Å². The lowest BCUT2D eigenvalue weighted by Crippen LogP contribution is -2.23. The number of hydrogen-bond acceptors (Lipinski definition) is 5. The van der Waals surface area contributed by atoms with E-state index >= 15 is 0 Å². The summed E-state index contributed by atoms with van der Waals surface area (Å²) < 4.78 is 11.7. The molecule has 0 fully saturated rings. The predicted octanol–water partition coefficient (Wildman–Crippen LogP) is 2.30. The number of rotatable bonds is 3. The summed E-state index contributed by atoms with van der Waals surface area (Å²) in [5, 5.41) is 0.838. The molecule has 0 saturated heterocycles. The monoisotopic (exact) mass is 313 g/mol. The van der Waals surface area contributed by atoms with Gasteiger partial charge in [0.2, 0.25) is 0 Å². The molecule has 0 aliphatic rings. The van der Waals surface area contributed by atoms with Gasteiger partial charge < -0.3 is 13.7 Å². The number of aryl methyl sites for hydroxylation is 1. The molecular weight excluding hydrogens is 298 g/mol. The highest BCUT2D eigenvalue weighted by Crippen LogP contribution is 2.22. The highest BCUT2D eigenvalue weighted by Gasteiger charge is 2.19. The van der Waals surface area contributed by atoms with E-state index in [0.29, 0.717) is 17.4 Å². The second kappa shape index (κ2) is 5.72. The smallest absolute Gasteiger partial charge is 0.351 e. The average Bonchev–Trinajstić information content (AvgIpc) is 2.55. The SMILES string of the molecule is CCOC(=O)c1cc2c(=O)n(CC)c3ccccc3c2oc1=O. The van der Waals surface area contributed by atoms with E-state index in [9.17, 15) is 14.4 Å². The summed E-state index contributed by atoms with van der Waals surface area (Å²) >= 11 is 0. The lowest BCUT2D eigenvalue weighted by Gasteiger charge is -2.10. The number of pyridine rings is 1. The van der Waals surface area contributed by atoms with Gasteiger partial charge in [0.05, 0.1) is 17.5 Å². The molecule has 1 aromatic carbocycles. The van der Waals surface area contributed by atoms with Crippen LogP contribution in [0.25, 0.3) is 21.9 Å². The molecule has 0 aliphatic heterocycles. The molecule has 3 rings (SSSR count). The summed E-state index contributed by atoms with van der Waals surface area (Å²) in [7, 11) is 0. The Bertz CT molecular complexity index is 1030. The summed E-state index contributed by atoms with van der Waals surface area (Å²) in [6.45, 7) is 4.08. The third kappa shape index (κ3) is 2.32. The van der Waals surface area contributed by atoms with Gasteiger partial charge >= 0.3 is 11.6 Å². The van der Waals surface area contributed by atoms with E-state index in [1.165, 1.54) is 6.07 Å². The first-order valence-corrected chi connectivity index (χ1v) is 7.35. The van der Waals surface area contributed by atoms with Gasteiger partial charge in [-0.3, -0.25) is 4.79 Å². The van der Waals surface area contributed by atoms with Crippen LogP contribution < -0.4 is 11.2 Å². The molecule has 23 heavy (non-hydrogen) atoms. The van der Waals surface area contributed by atoms with Crippen molar-refractivity contribution in [2.45, 2.75) is 20.4 Å². The number of hydrogen-bond donors (Lipinski definition) is 0. The fourth-order valence-electron chi connectivity index (χ4n) is 2.65. The first kappa shape index (κ1) is 15.0. The third-order valence-electron chi connectivity index (χ3n) is 3.67. The van der Waals surface area contributed by atoms with Crippen LogP contribution in [-0.2, 0) is 11.3 Å². The molecule has 2 heterocycles. The Morgan fingerprint density at radius 2 is 1.91 bits per heavy atom. The summed E-state index contributed by atoms with van der Waals surface area (Å²) in [6.07, 6.45) is 0. The van der Waals surface area contributed by atoms with Gasteiger partial charge in [0.25, 0.3) is 5.56 Å². The van der Waals surface area contributed by atoms with E-state index in [-0.39, 0.29) is 28.7 Å². The van der Waals surface area contributed by atoms with Crippen LogP contribution in [0.15, 0.2) is 44.3 Å². The Morgan fingerprint density at radius 1 is 1.17 bits per heavy atom. The largest absolute Gasteiger partial charge is 0.462 e. The van der Waals surface area contributed by atoms with Gasteiger partial charge in [0.15, 0.2) is 5.58 Å². The first-order chi connectivity index (χ1) is 11.1. The molecule has 0 atom stereocenters. The normalized spacial score (nSPS) is 11.0. The number of aromatic nitrogens is 1. The number of fused-ring (bicyclic) bond motifs is 3. The van der Waals surface area contributed by atoms with E-state index in [1.54, 1.807) is 29.7 Å². The Labute approximate surface area is 130 Å². The van der Waals surface area contributed by atoms with Crippen molar-refractivity contribution in [3.63, 3.8) is 0 Å². The number of carbonyl (C=O) groups is 1. The minimum Gasteiger partial charge on any atom is -0.462 e. The van der Waals surface area contributed by atoms with Crippen LogP contribution >= 0.6 is 0 Å². The maximum absolute atomic E-state index is 12.7. The fourth-order valence-corrected chi connectivity index (χ4v) is 2.65. The molecule has 118 valence electrons. The quantitative estimate of drug-likeness (QED) is 0.547. The molecule has 0 spiro atoms.